The predicted octanol–water partition coefficient (Wildman–Crippen LogP) is 4.79. The summed E-state index contributed by atoms with van der Waals surface area (Å²) in [4.78, 5) is 29.0. The molecule has 2 amide bonds. The van der Waals surface area contributed by atoms with Crippen LogP contribution in [0.4, 0.5) is 10.8 Å². The summed E-state index contributed by atoms with van der Waals surface area (Å²) in [5.41, 5.74) is 1.54. The Kier molecular flexibility index (Phi) is 5.95. The summed E-state index contributed by atoms with van der Waals surface area (Å²) in [5.74, 6) is -0.237. The molecule has 0 saturated carbocycles. The molecule has 25 heavy (non-hydrogen) atoms. The number of aromatic nitrogens is 1. The molecule has 5 nitrogen and oxygen atoms in total. The summed E-state index contributed by atoms with van der Waals surface area (Å²) in [6.07, 6.45) is 0.847. The van der Waals surface area contributed by atoms with E-state index in [9.17, 15) is 9.59 Å². The average molecular weight is 436 g/mol. The fourth-order valence-corrected chi connectivity index (χ4v) is 3.84. The molecule has 0 unspecified atom stereocenters. The maximum atomic E-state index is 12.0. The summed E-state index contributed by atoms with van der Waals surface area (Å²) in [5, 5.41) is 9.87. The number of hydrogen-bond donors (Lipinski definition) is 2. The van der Waals surface area contributed by atoms with Crippen LogP contribution in [0.15, 0.2) is 51.6 Å². The molecule has 0 aliphatic heterocycles. The van der Waals surface area contributed by atoms with E-state index in [2.05, 4.69) is 31.5 Å². The topological polar surface area (TPSA) is 71.1 Å². The van der Waals surface area contributed by atoms with Crippen molar-refractivity contribution in [1.29, 1.82) is 0 Å². The zero-order valence-electron chi connectivity index (χ0n) is 13.0. The lowest BCUT2D eigenvalue weighted by Crippen LogP contribution is -2.12. The molecule has 0 spiro atoms. The maximum Gasteiger partial charge on any atom is 0.267 e. The smallest absolute Gasteiger partial charge is 0.267 e. The number of aryl methyl sites for hydroxylation is 1. The summed E-state index contributed by atoms with van der Waals surface area (Å²) < 4.78 is 0.913. The Bertz CT molecular complexity index is 878. The summed E-state index contributed by atoms with van der Waals surface area (Å²) in [7, 11) is 0. The van der Waals surface area contributed by atoms with Gasteiger partial charge in [-0.1, -0.05) is 28.1 Å². The van der Waals surface area contributed by atoms with Gasteiger partial charge >= 0.3 is 0 Å². The lowest BCUT2D eigenvalue weighted by molar-refractivity contribution is -0.116. The summed E-state index contributed by atoms with van der Waals surface area (Å²) >= 11 is 6.11. The van der Waals surface area contributed by atoms with E-state index in [1.54, 1.807) is 6.07 Å². The minimum atomic E-state index is -0.164. The minimum absolute atomic E-state index is 0.0738. The van der Waals surface area contributed by atoms with E-state index in [4.69, 9.17) is 0 Å². The molecule has 0 atom stereocenters. The third-order valence-corrected chi connectivity index (χ3v) is 5.40. The van der Waals surface area contributed by atoms with Crippen molar-refractivity contribution in [1.82, 2.24) is 4.98 Å². The van der Waals surface area contributed by atoms with E-state index in [-0.39, 0.29) is 11.8 Å². The van der Waals surface area contributed by atoms with Crippen molar-refractivity contribution in [3.05, 3.63) is 62.2 Å². The molecule has 0 aliphatic carbocycles. The molecule has 8 heteroatoms. The molecular weight excluding hydrogens is 422 g/mol. The van der Waals surface area contributed by atoms with Gasteiger partial charge in [0.2, 0.25) is 5.91 Å². The molecule has 0 fully saturated rings. The van der Waals surface area contributed by atoms with Crippen molar-refractivity contribution in [3.63, 3.8) is 0 Å². The van der Waals surface area contributed by atoms with Crippen LogP contribution in [0.1, 0.15) is 21.8 Å². The van der Waals surface area contributed by atoms with Crippen molar-refractivity contribution in [2.24, 2.45) is 0 Å². The molecule has 2 heterocycles. The number of nitrogens with zero attached hydrogens (tertiary/aromatic N) is 1. The monoisotopic (exact) mass is 435 g/mol. The lowest BCUT2D eigenvalue weighted by Gasteiger charge is -2.04. The predicted molar refractivity (Wildman–Crippen MR) is 105 cm³/mol. The number of halogens is 1. The van der Waals surface area contributed by atoms with Crippen LogP contribution in [0.3, 0.4) is 0 Å². The standard InChI is InChI=1S/C17H14BrN3O2S2/c18-11-3-1-4-12(9-11)19-15(22)7-6-13-10-25-17(20-13)21-16(23)14-5-2-8-24-14/h1-5,8-10H,6-7H2,(H,19,22)(H,20,21,23). The highest BCUT2D eigenvalue weighted by molar-refractivity contribution is 9.10. The number of nitrogens with one attached hydrogen (secondary N) is 2. The van der Waals surface area contributed by atoms with Crippen LogP contribution in [-0.4, -0.2) is 16.8 Å². The Balaban J connectivity index is 1.50. The number of hydrogen-bond acceptors (Lipinski definition) is 5. The third kappa shape index (κ3) is 5.22. The molecule has 3 rings (SSSR count). The highest BCUT2D eigenvalue weighted by Gasteiger charge is 2.11. The van der Waals surface area contributed by atoms with Gasteiger partial charge in [-0.15, -0.1) is 22.7 Å². The molecule has 0 saturated heterocycles. The normalized spacial score (nSPS) is 10.4. The van der Waals surface area contributed by atoms with Crippen molar-refractivity contribution in [3.8, 4) is 0 Å². The van der Waals surface area contributed by atoms with Gasteiger partial charge in [0, 0.05) is 22.0 Å². The summed E-state index contributed by atoms with van der Waals surface area (Å²) in [6.45, 7) is 0. The van der Waals surface area contributed by atoms with Crippen molar-refractivity contribution in [2.75, 3.05) is 10.6 Å². The molecule has 0 bridgehead atoms. The second-order valence-corrected chi connectivity index (χ2v) is 7.86. The van der Waals surface area contributed by atoms with Crippen LogP contribution in [0, 0.1) is 0 Å². The van der Waals surface area contributed by atoms with Gasteiger partial charge in [0.1, 0.15) is 0 Å². The van der Waals surface area contributed by atoms with Crippen LogP contribution in [0.2, 0.25) is 0 Å². The molecule has 2 aromatic heterocycles. The molecule has 0 aliphatic rings. The van der Waals surface area contributed by atoms with Crippen LogP contribution >= 0.6 is 38.6 Å². The number of benzene rings is 1. The third-order valence-electron chi connectivity index (χ3n) is 3.23. The number of rotatable bonds is 6. The first-order valence-electron chi connectivity index (χ1n) is 7.45. The number of carbonyl (C=O) groups excluding carboxylic acids is 2. The Morgan fingerprint density at radius 1 is 1.12 bits per heavy atom. The highest BCUT2D eigenvalue weighted by Crippen LogP contribution is 2.19. The zero-order valence-corrected chi connectivity index (χ0v) is 16.2. The van der Waals surface area contributed by atoms with Gasteiger partial charge < -0.3 is 5.32 Å². The Labute approximate surface area is 161 Å². The first-order chi connectivity index (χ1) is 12.1. The van der Waals surface area contributed by atoms with Gasteiger partial charge in [0.15, 0.2) is 5.13 Å². The van der Waals surface area contributed by atoms with E-state index in [0.29, 0.717) is 22.9 Å². The van der Waals surface area contributed by atoms with Gasteiger partial charge in [-0.2, -0.15) is 0 Å². The van der Waals surface area contributed by atoms with Crippen LogP contribution < -0.4 is 10.6 Å². The highest BCUT2D eigenvalue weighted by atomic mass is 79.9. The van der Waals surface area contributed by atoms with E-state index < -0.39 is 0 Å². The zero-order chi connectivity index (χ0) is 17.6. The molecule has 128 valence electrons. The van der Waals surface area contributed by atoms with Gasteiger partial charge in [-0.05, 0) is 36.1 Å². The maximum absolute atomic E-state index is 12.0. The van der Waals surface area contributed by atoms with Crippen LogP contribution in [-0.2, 0) is 11.2 Å². The van der Waals surface area contributed by atoms with Gasteiger partial charge in [-0.3, -0.25) is 14.9 Å². The Morgan fingerprint density at radius 2 is 2.00 bits per heavy atom. The summed E-state index contributed by atoms with van der Waals surface area (Å²) in [6, 6.07) is 11.0. The molecule has 1 aromatic carbocycles. The molecule has 2 N–H and O–H groups in total. The number of thiophene rings is 1. The number of anilines is 2. The number of thiazole rings is 1. The molecule has 3 aromatic rings. The minimum Gasteiger partial charge on any atom is -0.326 e. The average Bonchev–Trinajstić information content (AvgIpc) is 3.25. The van der Waals surface area contributed by atoms with E-state index in [1.807, 2.05) is 41.1 Å². The quantitative estimate of drug-likeness (QED) is 0.584. The SMILES string of the molecule is O=C(CCc1csc(NC(=O)c2cccs2)n1)Nc1cccc(Br)c1. The molecular formula is C17H14BrN3O2S2. The first kappa shape index (κ1) is 17.8. The fourth-order valence-electron chi connectivity index (χ4n) is 2.08. The fraction of sp³-hybridized carbons (Fsp3) is 0.118. The lowest BCUT2D eigenvalue weighted by atomic mass is 10.2. The van der Waals surface area contributed by atoms with Crippen molar-refractivity contribution in [2.45, 2.75) is 12.8 Å². The van der Waals surface area contributed by atoms with Crippen LogP contribution in [0.25, 0.3) is 0 Å². The van der Waals surface area contributed by atoms with Crippen molar-refractivity contribution < 1.29 is 9.59 Å². The van der Waals surface area contributed by atoms with Gasteiger partial charge in [-0.25, -0.2) is 4.98 Å². The first-order valence-corrected chi connectivity index (χ1v) is 10.00. The van der Waals surface area contributed by atoms with Gasteiger partial charge in [0.05, 0.1) is 10.6 Å². The largest absolute Gasteiger partial charge is 0.326 e. The van der Waals surface area contributed by atoms with Gasteiger partial charge in [0.25, 0.3) is 5.91 Å². The second-order valence-electron chi connectivity index (χ2n) is 5.13. The second kappa shape index (κ2) is 8.37. The molecule has 0 radical (unpaired) electrons. The van der Waals surface area contributed by atoms with E-state index >= 15 is 0 Å². The Morgan fingerprint density at radius 3 is 2.76 bits per heavy atom. The number of carbonyl (C=O) groups is 2. The number of amides is 2. The van der Waals surface area contributed by atoms with E-state index in [0.717, 1.165) is 15.9 Å². The van der Waals surface area contributed by atoms with Crippen LogP contribution in [0.5, 0.6) is 0 Å². The Hall–Kier alpha value is -2.03. The van der Waals surface area contributed by atoms with E-state index in [1.165, 1.54) is 22.7 Å². The van der Waals surface area contributed by atoms with Crippen molar-refractivity contribution >= 4 is 61.2 Å².